The highest BCUT2D eigenvalue weighted by Crippen LogP contribution is 2.45. The molecule has 1 aromatic rings. The number of aromatic nitrogens is 2. The second-order valence-corrected chi connectivity index (χ2v) is 7.82. The lowest BCUT2D eigenvalue weighted by molar-refractivity contribution is -0.175. The van der Waals surface area contributed by atoms with Gasteiger partial charge in [0.2, 0.25) is 5.91 Å². The van der Waals surface area contributed by atoms with Gasteiger partial charge in [0.05, 0.1) is 5.69 Å². The zero-order chi connectivity index (χ0) is 23.8. The number of carboxylic acid groups (broad SMARTS) is 2. The van der Waals surface area contributed by atoms with Crippen LogP contribution in [0, 0.1) is 5.41 Å². The Kier molecular flexibility index (Phi) is 6.15. The number of imide groups is 1. The topological polar surface area (TPSA) is 159 Å². The van der Waals surface area contributed by atoms with Crippen molar-refractivity contribution in [2.24, 2.45) is 5.41 Å². The molecule has 0 saturated carbocycles. The summed E-state index contributed by atoms with van der Waals surface area (Å²) < 4.78 is 44.8. The Balaban J connectivity index is 2.28. The number of carboxylic acids is 1. The maximum atomic E-state index is 13.3. The van der Waals surface area contributed by atoms with Crippen LogP contribution in [-0.2, 0) is 20.7 Å². The first-order valence-corrected chi connectivity index (χ1v) is 8.76. The number of nitrogens with one attached hydrogen (secondary N) is 1. The average molecular weight is 448 g/mol. The minimum atomic E-state index is -5.15. The molecule has 11 nitrogen and oxygen atoms in total. The fourth-order valence-corrected chi connectivity index (χ4v) is 3.00. The van der Waals surface area contributed by atoms with Gasteiger partial charge >= 0.3 is 24.3 Å². The molecule has 0 aromatic carbocycles. The van der Waals surface area contributed by atoms with Crippen molar-refractivity contribution in [3.05, 3.63) is 17.8 Å². The van der Waals surface area contributed by atoms with Crippen LogP contribution in [-0.4, -0.2) is 67.2 Å². The fraction of sp³-hybridized carbons (Fsp3) is 0.529. The maximum absolute atomic E-state index is 13.3. The first kappa shape index (κ1) is 23.8. The predicted octanol–water partition coefficient (Wildman–Crippen LogP) is 2.28. The zero-order valence-electron chi connectivity index (χ0n) is 16.6. The zero-order valence-corrected chi connectivity index (χ0v) is 16.6. The van der Waals surface area contributed by atoms with Crippen LogP contribution < -0.4 is 5.32 Å². The van der Waals surface area contributed by atoms with E-state index >= 15 is 0 Å². The summed E-state index contributed by atoms with van der Waals surface area (Å²) in [5.74, 6) is -3.73. The number of hydrogen-bond acceptors (Lipinski definition) is 7. The van der Waals surface area contributed by atoms with Crippen molar-refractivity contribution in [1.29, 1.82) is 0 Å². The van der Waals surface area contributed by atoms with Crippen LogP contribution >= 0.6 is 0 Å². The number of aliphatic carboxylic acids is 1. The highest BCUT2D eigenvalue weighted by atomic mass is 19.4. The molecule has 1 aliphatic rings. The summed E-state index contributed by atoms with van der Waals surface area (Å²) in [6.07, 6.45) is -10.4. The van der Waals surface area contributed by atoms with E-state index in [9.17, 15) is 37.5 Å². The summed E-state index contributed by atoms with van der Waals surface area (Å²) in [5.41, 5.74) is -3.69. The Morgan fingerprint density at radius 2 is 1.84 bits per heavy atom. The third kappa shape index (κ3) is 5.19. The number of carbonyl (C=O) groups is 4. The normalized spacial score (nSPS) is 21.7. The van der Waals surface area contributed by atoms with Gasteiger partial charge in [0.15, 0.2) is 11.2 Å². The van der Waals surface area contributed by atoms with E-state index in [4.69, 9.17) is 9.84 Å². The lowest BCUT2D eigenvalue weighted by Crippen LogP contribution is -2.47. The summed E-state index contributed by atoms with van der Waals surface area (Å²) in [4.78, 5) is 46.7. The molecule has 1 aliphatic heterocycles. The maximum Gasteiger partial charge on any atom is 0.414 e. The van der Waals surface area contributed by atoms with E-state index in [0.29, 0.717) is 0 Å². The SMILES string of the molecule is CC(C)(C)OC(=O)Nc1ccc(CC2(C(=O)O)C[C@@H](C(F)(F)F)N(C(=O)O)C2=O)nn1. The lowest BCUT2D eigenvalue weighted by Gasteiger charge is -2.21. The van der Waals surface area contributed by atoms with Gasteiger partial charge in [0, 0.05) is 12.8 Å². The molecule has 170 valence electrons. The number of nitrogens with zero attached hydrogens (tertiary/aromatic N) is 3. The molecule has 0 bridgehead atoms. The van der Waals surface area contributed by atoms with Gasteiger partial charge in [-0.25, -0.2) is 14.5 Å². The first-order chi connectivity index (χ1) is 14.1. The summed E-state index contributed by atoms with van der Waals surface area (Å²) in [7, 11) is 0. The van der Waals surface area contributed by atoms with E-state index in [0.717, 1.165) is 6.07 Å². The van der Waals surface area contributed by atoms with Gasteiger partial charge in [-0.2, -0.15) is 18.3 Å². The number of alkyl halides is 3. The van der Waals surface area contributed by atoms with Crippen molar-refractivity contribution < 1.29 is 47.3 Å². The number of amides is 3. The number of carbonyl (C=O) groups excluding carboxylic acids is 2. The predicted molar refractivity (Wildman–Crippen MR) is 95.0 cm³/mol. The van der Waals surface area contributed by atoms with Gasteiger partial charge in [-0.05, 0) is 32.9 Å². The number of ether oxygens (including phenoxy) is 1. The van der Waals surface area contributed by atoms with E-state index in [1.54, 1.807) is 20.8 Å². The molecular weight excluding hydrogens is 429 g/mol. The minimum absolute atomic E-state index is 0.0968. The summed E-state index contributed by atoms with van der Waals surface area (Å²) in [5, 5.41) is 28.1. The molecule has 0 spiro atoms. The molecule has 0 radical (unpaired) electrons. The van der Waals surface area contributed by atoms with Crippen LogP contribution in [0.2, 0.25) is 0 Å². The molecule has 3 N–H and O–H groups in total. The second kappa shape index (κ2) is 8.00. The van der Waals surface area contributed by atoms with Crippen LogP contribution in [0.5, 0.6) is 0 Å². The molecular formula is C17H19F3N4O7. The lowest BCUT2D eigenvalue weighted by atomic mass is 9.80. The molecule has 2 heterocycles. The Morgan fingerprint density at radius 3 is 2.23 bits per heavy atom. The minimum Gasteiger partial charge on any atom is -0.480 e. The molecule has 31 heavy (non-hydrogen) atoms. The van der Waals surface area contributed by atoms with E-state index in [1.807, 2.05) is 0 Å². The van der Waals surface area contributed by atoms with Crippen molar-refractivity contribution in [2.75, 3.05) is 5.32 Å². The van der Waals surface area contributed by atoms with E-state index < -0.39 is 65.0 Å². The quantitative estimate of drug-likeness (QED) is 0.587. The molecule has 3 amide bonds. The Labute approximate surface area is 173 Å². The monoisotopic (exact) mass is 448 g/mol. The van der Waals surface area contributed by atoms with E-state index in [2.05, 4.69) is 15.5 Å². The highest BCUT2D eigenvalue weighted by molar-refractivity contribution is 6.09. The van der Waals surface area contributed by atoms with Gasteiger partial charge in [0.1, 0.15) is 11.6 Å². The van der Waals surface area contributed by atoms with Crippen molar-refractivity contribution >= 4 is 29.9 Å². The number of likely N-dealkylation sites (tertiary alicyclic amines) is 1. The van der Waals surface area contributed by atoms with Gasteiger partial charge in [0.25, 0.3) is 0 Å². The van der Waals surface area contributed by atoms with Crippen molar-refractivity contribution in [3.63, 3.8) is 0 Å². The Hall–Kier alpha value is -3.45. The first-order valence-electron chi connectivity index (χ1n) is 8.76. The molecule has 1 saturated heterocycles. The molecule has 1 aromatic heterocycles. The summed E-state index contributed by atoms with van der Waals surface area (Å²) >= 11 is 0. The summed E-state index contributed by atoms with van der Waals surface area (Å²) in [6.45, 7) is 4.87. The molecule has 14 heteroatoms. The van der Waals surface area contributed by atoms with Gasteiger partial charge in [-0.3, -0.25) is 14.9 Å². The molecule has 2 atom stereocenters. The highest BCUT2D eigenvalue weighted by Gasteiger charge is 2.65. The van der Waals surface area contributed by atoms with Crippen LogP contribution in [0.1, 0.15) is 32.9 Å². The van der Waals surface area contributed by atoms with Crippen molar-refractivity contribution in [1.82, 2.24) is 15.1 Å². The average Bonchev–Trinajstić information content (AvgIpc) is 2.89. The summed E-state index contributed by atoms with van der Waals surface area (Å²) in [6, 6.07) is -0.490. The number of anilines is 1. The number of halogens is 3. The molecule has 0 aliphatic carbocycles. The molecule has 1 fully saturated rings. The fourth-order valence-electron chi connectivity index (χ4n) is 3.00. The Bertz CT molecular complexity index is 898. The second-order valence-electron chi connectivity index (χ2n) is 7.82. The van der Waals surface area contributed by atoms with E-state index in [-0.39, 0.29) is 11.5 Å². The molecule has 1 unspecified atom stereocenters. The van der Waals surface area contributed by atoms with Crippen molar-refractivity contribution in [3.8, 4) is 0 Å². The van der Waals surface area contributed by atoms with Crippen LogP contribution in [0.4, 0.5) is 28.6 Å². The number of rotatable bonds is 4. The van der Waals surface area contributed by atoms with Crippen LogP contribution in [0.25, 0.3) is 0 Å². The number of hydrogen-bond donors (Lipinski definition) is 3. The van der Waals surface area contributed by atoms with E-state index in [1.165, 1.54) is 6.07 Å². The van der Waals surface area contributed by atoms with Gasteiger partial charge in [-0.15, -0.1) is 5.10 Å². The molecule has 2 rings (SSSR count). The van der Waals surface area contributed by atoms with Crippen LogP contribution in [0.3, 0.4) is 0 Å². The van der Waals surface area contributed by atoms with Crippen LogP contribution in [0.15, 0.2) is 12.1 Å². The van der Waals surface area contributed by atoms with Gasteiger partial charge < -0.3 is 14.9 Å². The Morgan fingerprint density at radius 1 is 1.23 bits per heavy atom. The largest absolute Gasteiger partial charge is 0.480 e. The third-order valence-electron chi connectivity index (χ3n) is 4.31. The van der Waals surface area contributed by atoms with Gasteiger partial charge in [-0.1, -0.05) is 0 Å². The third-order valence-corrected chi connectivity index (χ3v) is 4.31. The van der Waals surface area contributed by atoms with Crippen molar-refractivity contribution in [2.45, 2.75) is 51.4 Å². The standard InChI is InChI=1S/C17H19F3N4O7/c1-15(2,3)31-13(28)21-10-5-4-8(22-23-10)6-16(12(26)27)7-9(17(18,19)20)24(11(16)25)14(29)30/h4-5,9H,6-7H2,1-3H3,(H,26,27)(H,29,30)(H,21,23,28)/t9-,16?/m0/s1. The smallest absolute Gasteiger partial charge is 0.414 e.